The minimum absolute atomic E-state index is 0.0208. The van der Waals surface area contributed by atoms with E-state index in [2.05, 4.69) is 9.97 Å². The van der Waals surface area contributed by atoms with Gasteiger partial charge in [-0.3, -0.25) is 9.78 Å². The molecule has 4 heterocycles. The number of benzene rings is 1. The maximum absolute atomic E-state index is 15.2. The zero-order valence-electron chi connectivity index (χ0n) is 19.9. The van der Waals surface area contributed by atoms with Crippen molar-refractivity contribution in [1.29, 1.82) is 0 Å². The number of carbonyl (C=O) groups is 1. The number of Topliss-reactive ketones (excluding diaryl/α,β-unsaturated/α-hetero) is 1. The molecule has 6 nitrogen and oxygen atoms in total. The van der Waals surface area contributed by atoms with Crippen LogP contribution in [0.15, 0.2) is 48.2 Å². The smallest absolute Gasteiger partial charge is 0.266 e. The molecule has 0 saturated carbocycles. The van der Waals surface area contributed by atoms with Crippen LogP contribution in [0, 0.1) is 5.82 Å². The van der Waals surface area contributed by atoms with Crippen LogP contribution in [-0.4, -0.2) is 54.0 Å². The summed E-state index contributed by atoms with van der Waals surface area (Å²) in [5.41, 5.74) is 3.06. The van der Waals surface area contributed by atoms with Crippen molar-refractivity contribution in [3.05, 3.63) is 64.5 Å². The minimum Gasteiger partial charge on any atom is -0.489 e. The fraction of sp³-hybridized carbons (Fsp3) is 0.423. The molecule has 3 aromatic rings. The molecule has 2 fully saturated rings. The number of halogens is 3. The van der Waals surface area contributed by atoms with Gasteiger partial charge in [0.15, 0.2) is 17.4 Å². The Morgan fingerprint density at radius 3 is 2.72 bits per heavy atom. The molecule has 0 radical (unpaired) electrons. The summed E-state index contributed by atoms with van der Waals surface area (Å²) >= 11 is 1.35. The number of thiazole rings is 1. The molecule has 2 aromatic heterocycles. The third kappa shape index (κ3) is 5.33. The normalized spacial score (nSPS) is 20.1. The summed E-state index contributed by atoms with van der Waals surface area (Å²) in [5, 5.41) is 0. The van der Waals surface area contributed by atoms with Crippen LogP contribution in [-0.2, 0) is 0 Å². The van der Waals surface area contributed by atoms with E-state index in [1.807, 2.05) is 36.1 Å². The first-order valence-electron chi connectivity index (χ1n) is 12.0. The highest BCUT2D eigenvalue weighted by Crippen LogP contribution is 2.35. The Labute approximate surface area is 211 Å². The lowest BCUT2D eigenvalue weighted by Crippen LogP contribution is -2.28. The predicted octanol–water partition coefficient (Wildman–Crippen LogP) is 5.56. The van der Waals surface area contributed by atoms with Crippen LogP contribution >= 0.6 is 11.3 Å². The maximum Gasteiger partial charge on any atom is 0.266 e. The molecular formula is C26H27F3N4O2S. The zero-order chi connectivity index (χ0) is 25.3. The van der Waals surface area contributed by atoms with Gasteiger partial charge in [0, 0.05) is 44.7 Å². The van der Waals surface area contributed by atoms with E-state index in [1.165, 1.54) is 22.4 Å². The number of hydrogen-bond acceptors (Lipinski definition) is 7. The van der Waals surface area contributed by atoms with Crippen molar-refractivity contribution in [3.63, 3.8) is 0 Å². The average molecular weight is 517 g/mol. The number of aromatic nitrogens is 2. The summed E-state index contributed by atoms with van der Waals surface area (Å²) in [5.74, 6) is -2.55. The molecule has 36 heavy (non-hydrogen) atoms. The van der Waals surface area contributed by atoms with Crippen molar-refractivity contribution in [1.82, 2.24) is 9.97 Å². The Balaban J connectivity index is 1.18. The molecule has 190 valence electrons. The van der Waals surface area contributed by atoms with Crippen LogP contribution in [0.2, 0.25) is 0 Å². The molecule has 0 N–H and O–H groups in total. The third-order valence-corrected chi connectivity index (χ3v) is 7.57. The molecule has 2 atom stereocenters. The van der Waals surface area contributed by atoms with E-state index >= 15 is 4.39 Å². The Morgan fingerprint density at radius 1 is 1.22 bits per heavy atom. The highest BCUT2D eigenvalue weighted by molar-refractivity contribution is 7.11. The molecule has 2 saturated heterocycles. The topological polar surface area (TPSA) is 58.6 Å². The number of pyridine rings is 1. The van der Waals surface area contributed by atoms with E-state index < -0.39 is 18.3 Å². The van der Waals surface area contributed by atoms with Gasteiger partial charge in [0.2, 0.25) is 0 Å². The molecule has 10 heteroatoms. The van der Waals surface area contributed by atoms with E-state index in [4.69, 9.17) is 4.74 Å². The summed E-state index contributed by atoms with van der Waals surface area (Å²) in [6.07, 6.45) is 3.77. The summed E-state index contributed by atoms with van der Waals surface area (Å²) in [6.45, 7) is 2.67. The van der Waals surface area contributed by atoms with Crippen molar-refractivity contribution < 1.29 is 22.7 Å². The maximum atomic E-state index is 15.2. The molecular weight excluding hydrogens is 489 g/mol. The SMILES string of the molecule is C[C@H](CC(=O)c1cncs1)c1ccc(OC2CCN(c3ccnc(N4CCC(F)(F)C4)c3F)C2)cc1. The van der Waals surface area contributed by atoms with Gasteiger partial charge in [-0.1, -0.05) is 19.1 Å². The third-order valence-electron chi connectivity index (χ3n) is 6.76. The van der Waals surface area contributed by atoms with Gasteiger partial charge in [-0.2, -0.15) is 0 Å². The van der Waals surface area contributed by atoms with E-state index in [1.54, 1.807) is 17.8 Å². The molecule has 2 aliphatic rings. The molecule has 2 aliphatic heterocycles. The Hall–Kier alpha value is -3.14. The number of ketones is 1. The van der Waals surface area contributed by atoms with Gasteiger partial charge in [-0.15, -0.1) is 11.3 Å². The van der Waals surface area contributed by atoms with E-state index in [-0.39, 0.29) is 36.6 Å². The lowest BCUT2D eigenvalue weighted by molar-refractivity contribution is 0.0256. The lowest BCUT2D eigenvalue weighted by Gasteiger charge is -2.23. The first-order chi connectivity index (χ1) is 17.3. The molecule has 0 spiro atoms. The predicted molar refractivity (Wildman–Crippen MR) is 133 cm³/mol. The van der Waals surface area contributed by atoms with Gasteiger partial charge in [-0.25, -0.2) is 18.2 Å². The number of hydrogen-bond donors (Lipinski definition) is 0. The summed E-state index contributed by atoms with van der Waals surface area (Å²) in [4.78, 5) is 24.2. The van der Waals surface area contributed by atoms with E-state index in [9.17, 15) is 13.6 Å². The number of carbonyl (C=O) groups excluding carboxylic acids is 1. The molecule has 1 unspecified atom stereocenters. The zero-order valence-corrected chi connectivity index (χ0v) is 20.7. The first-order valence-corrected chi connectivity index (χ1v) is 12.9. The van der Waals surface area contributed by atoms with Crippen molar-refractivity contribution in [3.8, 4) is 5.75 Å². The van der Waals surface area contributed by atoms with Gasteiger partial charge < -0.3 is 14.5 Å². The molecule has 0 bridgehead atoms. The average Bonchev–Trinajstić information content (AvgIpc) is 3.61. The second-order valence-corrected chi connectivity index (χ2v) is 10.3. The van der Waals surface area contributed by atoms with E-state index in [0.717, 1.165) is 5.56 Å². The summed E-state index contributed by atoms with van der Waals surface area (Å²) in [6, 6.07) is 9.30. The molecule has 1 aromatic carbocycles. The molecule has 0 amide bonds. The lowest BCUT2D eigenvalue weighted by atomic mass is 9.95. The Kier molecular flexibility index (Phi) is 6.87. The van der Waals surface area contributed by atoms with E-state index in [0.29, 0.717) is 42.2 Å². The van der Waals surface area contributed by atoms with Crippen LogP contribution < -0.4 is 14.5 Å². The number of alkyl halides is 2. The second-order valence-electron chi connectivity index (χ2n) is 9.43. The fourth-order valence-electron chi connectivity index (χ4n) is 4.76. The first kappa shape index (κ1) is 24.5. The highest BCUT2D eigenvalue weighted by Gasteiger charge is 2.40. The van der Waals surface area contributed by atoms with Crippen molar-refractivity contribution in [2.24, 2.45) is 0 Å². The number of ether oxygens (including phenoxy) is 1. The van der Waals surface area contributed by atoms with Crippen molar-refractivity contribution >= 4 is 28.6 Å². The monoisotopic (exact) mass is 516 g/mol. The van der Waals surface area contributed by atoms with Crippen LogP contribution in [0.1, 0.15) is 47.3 Å². The summed E-state index contributed by atoms with van der Waals surface area (Å²) < 4.78 is 48.6. The number of nitrogens with zero attached hydrogens (tertiary/aromatic N) is 4. The van der Waals surface area contributed by atoms with Crippen LogP contribution in [0.4, 0.5) is 24.7 Å². The Morgan fingerprint density at radius 2 is 2.03 bits per heavy atom. The highest BCUT2D eigenvalue weighted by atomic mass is 32.1. The molecule has 0 aliphatic carbocycles. The largest absolute Gasteiger partial charge is 0.489 e. The van der Waals surface area contributed by atoms with Crippen LogP contribution in [0.25, 0.3) is 0 Å². The van der Waals surface area contributed by atoms with Crippen LogP contribution in [0.5, 0.6) is 5.75 Å². The van der Waals surface area contributed by atoms with Gasteiger partial charge >= 0.3 is 0 Å². The Bertz CT molecular complexity index is 1210. The van der Waals surface area contributed by atoms with Crippen LogP contribution in [0.3, 0.4) is 0 Å². The fourth-order valence-corrected chi connectivity index (χ4v) is 5.34. The second kappa shape index (κ2) is 10.1. The minimum atomic E-state index is -2.82. The standard InChI is InChI=1S/C26H27F3N4O2S/c1-17(12-22(34)23-13-30-16-36-23)18-2-4-19(5-3-18)35-20-7-10-32(14-20)21-6-9-31-25(24(21)27)33-11-8-26(28,29)15-33/h2-6,9,13,16-17,20H,7-8,10-12,14-15H2,1H3/t17-,20?/m1/s1. The molecule has 5 rings (SSSR count). The number of anilines is 2. The summed E-state index contributed by atoms with van der Waals surface area (Å²) in [7, 11) is 0. The van der Waals surface area contributed by atoms with Gasteiger partial charge in [0.1, 0.15) is 11.9 Å². The van der Waals surface area contributed by atoms with Gasteiger partial charge in [0.25, 0.3) is 5.92 Å². The van der Waals surface area contributed by atoms with Crippen molar-refractivity contribution in [2.45, 2.75) is 44.1 Å². The van der Waals surface area contributed by atoms with Gasteiger partial charge in [-0.05, 0) is 29.7 Å². The quantitative estimate of drug-likeness (QED) is 0.366. The number of rotatable bonds is 8. The van der Waals surface area contributed by atoms with Gasteiger partial charge in [0.05, 0.1) is 29.2 Å². The van der Waals surface area contributed by atoms with Crippen molar-refractivity contribution in [2.75, 3.05) is 36.0 Å².